The lowest BCUT2D eigenvalue weighted by atomic mass is 10.0. The van der Waals surface area contributed by atoms with Gasteiger partial charge in [-0.2, -0.15) is 0 Å². The average Bonchev–Trinajstić information content (AvgIpc) is 2.59. The zero-order valence-electron chi connectivity index (χ0n) is 14.1. The Hall–Kier alpha value is -2.44. The Morgan fingerprint density at radius 3 is 2.44 bits per heavy atom. The lowest BCUT2D eigenvalue weighted by Crippen LogP contribution is -2.33. The quantitative estimate of drug-likeness (QED) is 0.603. The van der Waals surface area contributed by atoms with Crippen molar-refractivity contribution < 1.29 is 9.72 Å². The molecule has 0 heterocycles. The molecule has 0 aliphatic rings. The van der Waals surface area contributed by atoms with E-state index in [9.17, 15) is 14.9 Å². The van der Waals surface area contributed by atoms with Gasteiger partial charge in [0.25, 0.3) is 11.6 Å². The van der Waals surface area contributed by atoms with E-state index in [2.05, 4.69) is 0 Å². The standard InChI is InChI=1S/C18H21N3O3.ClH/c1-14-16(9-5-10-17(14)21(23)24)18(22)20(12-6-11-19)13-15-7-3-2-4-8-15;/h2-5,7-10H,6,11-13,19H2,1H3;1H. The van der Waals surface area contributed by atoms with Gasteiger partial charge in [0.1, 0.15) is 0 Å². The SMILES string of the molecule is Cc1c(C(=O)N(CCCN)Cc2ccccc2)cccc1[N+](=O)[O-].Cl. The van der Waals surface area contributed by atoms with E-state index in [1.54, 1.807) is 24.0 Å². The van der Waals surface area contributed by atoms with Crippen molar-refractivity contribution in [2.75, 3.05) is 13.1 Å². The Morgan fingerprint density at radius 2 is 1.84 bits per heavy atom. The van der Waals surface area contributed by atoms with Crippen LogP contribution in [-0.4, -0.2) is 28.8 Å². The number of rotatable bonds is 7. The number of carbonyl (C=O) groups excluding carboxylic acids is 1. The molecule has 0 bridgehead atoms. The van der Waals surface area contributed by atoms with Crippen LogP contribution in [-0.2, 0) is 6.54 Å². The van der Waals surface area contributed by atoms with E-state index in [-0.39, 0.29) is 24.0 Å². The number of amides is 1. The van der Waals surface area contributed by atoms with E-state index in [1.165, 1.54) is 6.07 Å². The number of halogens is 1. The van der Waals surface area contributed by atoms with Crippen LogP contribution in [0, 0.1) is 17.0 Å². The van der Waals surface area contributed by atoms with E-state index >= 15 is 0 Å². The molecule has 1 amide bonds. The first kappa shape index (κ1) is 20.6. The van der Waals surface area contributed by atoms with Crippen molar-refractivity contribution in [2.24, 2.45) is 5.73 Å². The molecular formula is C18H22ClN3O3. The van der Waals surface area contributed by atoms with E-state index in [4.69, 9.17) is 5.73 Å². The average molecular weight is 364 g/mol. The summed E-state index contributed by atoms with van der Waals surface area (Å²) in [5, 5.41) is 11.1. The van der Waals surface area contributed by atoms with Crippen LogP contribution in [0.3, 0.4) is 0 Å². The summed E-state index contributed by atoms with van der Waals surface area (Å²) in [6, 6.07) is 14.2. The first-order chi connectivity index (χ1) is 11.5. The second-order valence-electron chi connectivity index (χ2n) is 5.56. The van der Waals surface area contributed by atoms with Crippen LogP contribution < -0.4 is 5.73 Å². The summed E-state index contributed by atoms with van der Waals surface area (Å²) >= 11 is 0. The zero-order chi connectivity index (χ0) is 17.5. The van der Waals surface area contributed by atoms with Crippen molar-refractivity contribution in [1.82, 2.24) is 4.90 Å². The second kappa shape index (κ2) is 9.76. The Bertz CT molecular complexity index is 723. The number of hydrogen-bond acceptors (Lipinski definition) is 4. The molecule has 2 aromatic carbocycles. The summed E-state index contributed by atoms with van der Waals surface area (Å²) in [5.41, 5.74) is 7.28. The summed E-state index contributed by atoms with van der Waals surface area (Å²) in [7, 11) is 0. The van der Waals surface area contributed by atoms with E-state index in [0.29, 0.717) is 37.2 Å². The first-order valence-electron chi connectivity index (χ1n) is 7.82. The van der Waals surface area contributed by atoms with Gasteiger partial charge >= 0.3 is 0 Å². The fraction of sp³-hybridized carbons (Fsp3) is 0.278. The van der Waals surface area contributed by atoms with Crippen LogP contribution in [0.2, 0.25) is 0 Å². The van der Waals surface area contributed by atoms with Crippen LogP contribution in [0.1, 0.15) is 27.9 Å². The molecule has 134 valence electrons. The fourth-order valence-electron chi connectivity index (χ4n) is 2.56. The van der Waals surface area contributed by atoms with Gasteiger partial charge in [0.2, 0.25) is 0 Å². The monoisotopic (exact) mass is 363 g/mol. The molecule has 2 rings (SSSR count). The molecular weight excluding hydrogens is 342 g/mol. The number of nitro benzene ring substituents is 1. The molecule has 0 unspecified atom stereocenters. The Labute approximate surface area is 153 Å². The highest BCUT2D eigenvalue weighted by Crippen LogP contribution is 2.23. The maximum Gasteiger partial charge on any atom is 0.273 e. The van der Waals surface area contributed by atoms with Crippen LogP contribution in [0.15, 0.2) is 48.5 Å². The lowest BCUT2D eigenvalue weighted by molar-refractivity contribution is -0.385. The van der Waals surface area contributed by atoms with Crippen LogP contribution in [0.4, 0.5) is 5.69 Å². The van der Waals surface area contributed by atoms with Crippen molar-refractivity contribution in [3.05, 3.63) is 75.3 Å². The van der Waals surface area contributed by atoms with Gasteiger partial charge in [0.05, 0.1) is 4.92 Å². The number of carbonyl (C=O) groups is 1. The predicted octanol–water partition coefficient (Wildman–Crippen LogP) is 3.32. The molecule has 25 heavy (non-hydrogen) atoms. The predicted molar refractivity (Wildman–Crippen MR) is 99.9 cm³/mol. The Kier molecular flexibility index (Phi) is 8.04. The summed E-state index contributed by atoms with van der Waals surface area (Å²) < 4.78 is 0. The van der Waals surface area contributed by atoms with Crippen molar-refractivity contribution in [2.45, 2.75) is 19.9 Å². The minimum atomic E-state index is -0.465. The molecule has 0 fully saturated rings. The molecule has 2 N–H and O–H groups in total. The summed E-state index contributed by atoms with van der Waals surface area (Å²) in [4.78, 5) is 25.2. The van der Waals surface area contributed by atoms with Crippen LogP contribution >= 0.6 is 12.4 Å². The number of hydrogen-bond donors (Lipinski definition) is 1. The molecule has 7 heteroatoms. The van der Waals surface area contributed by atoms with Gasteiger partial charge in [-0.25, -0.2) is 0 Å². The largest absolute Gasteiger partial charge is 0.334 e. The van der Waals surface area contributed by atoms with Gasteiger partial charge in [-0.05, 0) is 31.5 Å². The van der Waals surface area contributed by atoms with E-state index < -0.39 is 4.92 Å². The van der Waals surface area contributed by atoms with Gasteiger partial charge in [-0.3, -0.25) is 14.9 Å². The topological polar surface area (TPSA) is 89.5 Å². The van der Waals surface area contributed by atoms with Crippen molar-refractivity contribution >= 4 is 24.0 Å². The van der Waals surface area contributed by atoms with Gasteiger partial charge in [-0.1, -0.05) is 36.4 Å². The Balaban J connectivity index is 0.00000312. The van der Waals surface area contributed by atoms with Crippen LogP contribution in [0.5, 0.6) is 0 Å². The van der Waals surface area contributed by atoms with E-state index in [0.717, 1.165) is 5.56 Å². The first-order valence-corrected chi connectivity index (χ1v) is 7.82. The number of benzene rings is 2. The molecule has 0 radical (unpaired) electrons. The normalized spacial score (nSPS) is 10.0. The highest BCUT2D eigenvalue weighted by atomic mass is 35.5. The molecule has 6 nitrogen and oxygen atoms in total. The third kappa shape index (κ3) is 5.27. The minimum Gasteiger partial charge on any atom is -0.334 e. The smallest absolute Gasteiger partial charge is 0.273 e. The summed E-state index contributed by atoms with van der Waals surface area (Å²) in [6.45, 7) is 3.04. The highest BCUT2D eigenvalue weighted by Gasteiger charge is 2.22. The lowest BCUT2D eigenvalue weighted by Gasteiger charge is -2.23. The second-order valence-corrected chi connectivity index (χ2v) is 5.56. The molecule has 0 atom stereocenters. The number of nitrogens with two attached hydrogens (primary N) is 1. The maximum absolute atomic E-state index is 12.9. The highest BCUT2D eigenvalue weighted by molar-refractivity contribution is 5.96. The maximum atomic E-state index is 12.9. The van der Waals surface area contributed by atoms with Gasteiger partial charge < -0.3 is 10.6 Å². The van der Waals surface area contributed by atoms with Gasteiger partial charge in [0, 0.05) is 30.3 Å². The molecule has 0 saturated heterocycles. The molecule has 0 aliphatic carbocycles. The number of nitro groups is 1. The molecule has 0 aromatic heterocycles. The number of nitrogens with zero attached hydrogens (tertiary/aromatic N) is 2. The third-order valence-electron chi connectivity index (χ3n) is 3.87. The fourth-order valence-corrected chi connectivity index (χ4v) is 2.56. The van der Waals surface area contributed by atoms with Crippen molar-refractivity contribution in [1.29, 1.82) is 0 Å². The van der Waals surface area contributed by atoms with Crippen molar-refractivity contribution in [3.63, 3.8) is 0 Å². The van der Waals surface area contributed by atoms with Crippen LogP contribution in [0.25, 0.3) is 0 Å². The molecule has 0 aliphatic heterocycles. The van der Waals surface area contributed by atoms with Gasteiger partial charge in [-0.15, -0.1) is 12.4 Å². The molecule has 2 aromatic rings. The minimum absolute atomic E-state index is 0. The molecule has 0 saturated carbocycles. The zero-order valence-corrected chi connectivity index (χ0v) is 14.9. The van der Waals surface area contributed by atoms with E-state index in [1.807, 2.05) is 30.3 Å². The van der Waals surface area contributed by atoms with Crippen molar-refractivity contribution in [3.8, 4) is 0 Å². The third-order valence-corrected chi connectivity index (χ3v) is 3.87. The summed E-state index contributed by atoms with van der Waals surface area (Å²) in [6.07, 6.45) is 0.673. The Morgan fingerprint density at radius 1 is 1.16 bits per heavy atom. The van der Waals surface area contributed by atoms with Gasteiger partial charge in [0.15, 0.2) is 0 Å². The molecule has 0 spiro atoms. The summed E-state index contributed by atoms with van der Waals surface area (Å²) in [5.74, 6) is -0.214.